The third kappa shape index (κ3) is 5.69. The van der Waals surface area contributed by atoms with Gasteiger partial charge in [0.05, 0.1) is 20.1 Å². The van der Waals surface area contributed by atoms with E-state index in [1.54, 1.807) is 48.5 Å². The molecular weight excluding hydrogens is 402 g/mol. The Morgan fingerprint density at radius 3 is 1.58 bits per heavy atom. The van der Waals surface area contributed by atoms with E-state index in [1.807, 2.05) is 12.1 Å². The van der Waals surface area contributed by atoms with Crippen molar-refractivity contribution in [2.45, 2.75) is 18.9 Å². The molecule has 0 bridgehead atoms. The Kier molecular flexibility index (Phi) is 8.31. The zero-order valence-electron chi connectivity index (χ0n) is 17.5. The fourth-order valence-corrected chi connectivity index (χ4v) is 3.41. The summed E-state index contributed by atoms with van der Waals surface area (Å²) in [4.78, 5) is 49.5. The molecule has 0 heterocycles. The van der Waals surface area contributed by atoms with Gasteiger partial charge in [0.1, 0.15) is 6.04 Å². The average molecular weight is 427 g/mol. The number of carboxylic acid groups (broad SMARTS) is 1. The molecule has 0 aromatic heterocycles. The van der Waals surface area contributed by atoms with Crippen molar-refractivity contribution in [1.29, 1.82) is 0 Å². The van der Waals surface area contributed by atoms with Crippen LogP contribution < -0.4 is 5.32 Å². The lowest BCUT2D eigenvalue weighted by Gasteiger charge is -2.28. The van der Waals surface area contributed by atoms with Gasteiger partial charge in [-0.05, 0) is 11.1 Å². The summed E-state index contributed by atoms with van der Waals surface area (Å²) in [7, 11) is 2.17. The van der Waals surface area contributed by atoms with Gasteiger partial charge in [0.2, 0.25) is 5.91 Å². The summed E-state index contributed by atoms with van der Waals surface area (Å²) in [5.74, 6) is -7.28. The molecule has 0 aliphatic carbocycles. The average Bonchev–Trinajstić information content (AvgIpc) is 2.78. The lowest BCUT2D eigenvalue weighted by molar-refractivity contribution is -0.163. The Balaban J connectivity index is 2.39. The molecule has 2 aromatic rings. The van der Waals surface area contributed by atoms with Gasteiger partial charge in [0.15, 0.2) is 5.92 Å². The maximum absolute atomic E-state index is 13.3. The van der Waals surface area contributed by atoms with E-state index < -0.39 is 47.6 Å². The van der Waals surface area contributed by atoms with Gasteiger partial charge in [0, 0.05) is 5.92 Å². The zero-order valence-corrected chi connectivity index (χ0v) is 17.5. The summed E-state index contributed by atoms with van der Waals surface area (Å²) >= 11 is 0. The Morgan fingerprint density at radius 1 is 0.806 bits per heavy atom. The smallest absolute Gasteiger partial charge is 0.326 e. The number of hydrogen-bond donors (Lipinski definition) is 2. The summed E-state index contributed by atoms with van der Waals surface area (Å²) in [5.41, 5.74) is 1.33. The molecule has 0 saturated heterocycles. The quantitative estimate of drug-likeness (QED) is 0.464. The van der Waals surface area contributed by atoms with Crippen LogP contribution in [0.5, 0.6) is 0 Å². The van der Waals surface area contributed by atoms with Gasteiger partial charge in [-0.15, -0.1) is 0 Å². The van der Waals surface area contributed by atoms with Gasteiger partial charge in [-0.1, -0.05) is 67.6 Å². The molecule has 2 aromatic carbocycles. The summed E-state index contributed by atoms with van der Waals surface area (Å²) in [6.07, 6.45) is 0. The number of benzene rings is 2. The number of rotatable bonds is 9. The minimum absolute atomic E-state index is 0.579. The summed E-state index contributed by atoms with van der Waals surface area (Å²) in [6.45, 7) is 1.37. The molecule has 164 valence electrons. The second-order valence-electron chi connectivity index (χ2n) is 6.96. The van der Waals surface area contributed by atoms with Crippen molar-refractivity contribution >= 4 is 23.8 Å². The number of methoxy groups -OCH3 is 2. The highest BCUT2D eigenvalue weighted by Crippen LogP contribution is 2.26. The molecule has 2 atom stereocenters. The summed E-state index contributed by atoms with van der Waals surface area (Å²) < 4.78 is 9.26. The van der Waals surface area contributed by atoms with Gasteiger partial charge in [-0.3, -0.25) is 14.4 Å². The standard InChI is InChI=1S/C23H25NO7/c1-14(17(22(28)30-2)23(29)31-3)19(21(26)27)24-20(25)18(15-10-6-4-7-11-15)16-12-8-5-9-13-16/h4-14,17-19H,1-3H3,(H,24,25)(H,26,27)/t14-,19+/m0/s1. The highest BCUT2D eigenvalue weighted by molar-refractivity contribution is 5.97. The van der Waals surface area contributed by atoms with E-state index in [4.69, 9.17) is 0 Å². The van der Waals surface area contributed by atoms with Crippen molar-refractivity contribution in [1.82, 2.24) is 5.32 Å². The second kappa shape index (κ2) is 10.9. The number of aliphatic carboxylic acids is 1. The first-order valence-electron chi connectivity index (χ1n) is 9.60. The molecule has 0 aliphatic rings. The largest absolute Gasteiger partial charge is 0.480 e. The molecule has 1 amide bonds. The van der Waals surface area contributed by atoms with Crippen LogP contribution in [-0.2, 0) is 28.7 Å². The Hall–Kier alpha value is -3.68. The Bertz CT molecular complexity index is 859. The predicted octanol–water partition coefficient (Wildman–Crippen LogP) is 1.99. The van der Waals surface area contributed by atoms with E-state index in [-0.39, 0.29) is 0 Å². The van der Waals surface area contributed by atoms with E-state index >= 15 is 0 Å². The number of esters is 2. The highest BCUT2D eigenvalue weighted by Gasteiger charge is 2.42. The van der Waals surface area contributed by atoms with Gasteiger partial charge in [-0.2, -0.15) is 0 Å². The van der Waals surface area contributed by atoms with E-state index in [1.165, 1.54) is 6.92 Å². The van der Waals surface area contributed by atoms with Crippen LogP contribution >= 0.6 is 0 Å². The zero-order chi connectivity index (χ0) is 23.0. The van der Waals surface area contributed by atoms with E-state index in [0.29, 0.717) is 11.1 Å². The summed E-state index contributed by atoms with van der Waals surface area (Å²) in [6, 6.07) is 16.3. The maximum atomic E-state index is 13.3. The molecule has 0 aliphatic heterocycles. The summed E-state index contributed by atoms with van der Waals surface area (Å²) in [5, 5.41) is 12.3. The van der Waals surface area contributed by atoms with Crippen LogP contribution in [-0.4, -0.2) is 49.2 Å². The van der Waals surface area contributed by atoms with Crippen LogP contribution in [0.4, 0.5) is 0 Å². The number of amides is 1. The Morgan fingerprint density at radius 2 is 1.23 bits per heavy atom. The first-order valence-corrected chi connectivity index (χ1v) is 9.60. The van der Waals surface area contributed by atoms with Crippen LogP contribution in [0.2, 0.25) is 0 Å². The molecule has 0 radical (unpaired) electrons. The van der Waals surface area contributed by atoms with Gasteiger partial charge >= 0.3 is 17.9 Å². The lowest BCUT2D eigenvalue weighted by Crippen LogP contribution is -2.51. The van der Waals surface area contributed by atoms with Crippen LogP contribution in [0.1, 0.15) is 24.0 Å². The Labute approximate surface area is 180 Å². The number of carbonyl (C=O) groups excluding carboxylic acids is 3. The van der Waals surface area contributed by atoms with Gasteiger partial charge in [0.25, 0.3) is 0 Å². The van der Waals surface area contributed by atoms with E-state index in [9.17, 15) is 24.3 Å². The fraction of sp³-hybridized carbons (Fsp3) is 0.304. The molecule has 0 saturated carbocycles. The van der Waals surface area contributed by atoms with Crippen molar-refractivity contribution in [3.05, 3.63) is 71.8 Å². The topological polar surface area (TPSA) is 119 Å². The minimum Gasteiger partial charge on any atom is -0.480 e. The number of carboxylic acids is 1. The number of nitrogens with one attached hydrogen (secondary N) is 1. The fourth-order valence-electron chi connectivity index (χ4n) is 3.41. The third-order valence-corrected chi connectivity index (χ3v) is 5.05. The number of hydrogen-bond acceptors (Lipinski definition) is 6. The molecular formula is C23H25NO7. The van der Waals surface area contributed by atoms with Crippen LogP contribution in [0, 0.1) is 11.8 Å². The lowest BCUT2D eigenvalue weighted by atomic mass is 9.85. The van der Waals surface area contributed by atoms with E-state index in [2.05, 4.69) is 14.8 Å². The molecule has 8 heteroatoms. The van der Waals surface area contributed by atoms with Crippen molar-refractivity contribution in [3.8, 4) is 0 Å². The van der Waals surface area contributed by atoms with Gasteiger partial charge in [-0.25, -0.2) is 4.79 Å². The molecule has 2 N–H and O–H groups in total. The van der Waals surface area contributed by atoms with Crippen molar-refractivity contribution in [2.75, 3.05) is 14.2 Å². The highest BCUT2D eigenvalue weighted by atomic mass is 16.5. The SMILES string of the molecule is COC(=O)C(C(=O)OC)[C@H](C)[C@@H](NC(=O)C(c1ccccc1)c1ccccc1)C(=O)O. The minimum atomic E-state index is -1.54. The monoisotopic (exact) mass is 427 g/mol. The van der Waals surface area contributed by atoms with Crippen LogP contribution in [0.15, 0.2) is 60.7 Å². The van der Waals surface area contributed by atoms with Gasteiger partial charge < -0.3 is 19.9 Å². The molecule has 0 spiro atoms. The molecule has 0 unspecified atom stereocenters. The van der Waals surface area contributed by atoms with Crippen molar-refractivity contribution in [2.24, 2.45) is 11.8 Å². The van der Waals surface area contributed by atoms with E-state index in [0.717, 1.165) is 14.2 Å². The number of carbonyl (C=O) groups is 4. The predicted molar refractivity (Wildman–Crippen MR) is 111 cm³/mol. The molecule has 2 rings (SSSR count). The normalized spacial score (nSPS) is 12.7. The van der Waals surface area contributed by atoms with Crippen molar-refractivity contribution in [3.63, 3.8) is 0 Å². The first-order chi connectivity index (χ1) is 14.8. The van der Waals surface area contributed by atoms with Crippen LogP contribution in [0.25, 0.3) is 0 Å². The first kappa shape index (κ1) is 23.6. The molecule has 0 fully saturated rings. The third-order valence-electron chi connectivity index (χ3n) is 5.05. The second-order valence-corrected chi connectivity index (χ2v) is 6.96. The number of ether oxygens (including phenoxy) is 2. The molecule has 31 heavy (non-hydrogen) atoms. The van der Waals surface area contributed by atoms with Crippen LogP contribution in [0.3, 0.4) is 0 Å². The molecule has 8 nitrogen and oxygen atoms in total. The van der Waals surface area contributed by atoms with Crippen molar-refractivity contribution < 1.29 is 33.8 Å². The maximum Gasteiger partial charge on any atom is 0.326 e.